The molecular weight excluding hydrogens is 647 g/mol. The van der Waals surface area contributed by atoms with E-state index >= 15 is 4.39 Å². The van der Waals surface area contributed by atoms with Crippen molar-refractivity contribution < 1.29 is 50.7 Å². The number of benzene rings is 1. The van der Waals surface area contributed by atoms with Crippen LogP contribution in [0.15, 0.2) is 43.5 Å². The Hall–Kier alpha value is -4.14. The number of phosphoric ester groups is 1. The van der Waals surface area contributed by atoms with Crippen LogP contribution in [0.4, 0.5) is 8.78 Å². The predicted molar refractivity (Wildman–Crippen MR) is 153 cm³/mol. The van der Waals surface area contributed by atoms with Crippen molar-refractivity contribution in [3.8, 4) is 6.07 Å². The van der Waals surface area contributed by atoms with Gasteiger partial charge >= 0.3 is 19.8 Å². The summed E-state index contributed by atoms with van der Waals surface area (Å²) in [6, 6.07) is 4.57. The lowest BCUT2D eigenvalue weighted by Gasteiger charge is -2.45. The molecule has 2 aromatic heterocycles. The van der Waals surface area contributed by atoms with Gasteiger partial charge in [-0.2, -0.15) is 15.5 Å². The highest BCUT2D eigenvalue weighted by Gasteiger charge is 2.53. The molecule has 1 aromatic carbocycles. The van der Waals surface area contributed by atoms with E-state index in [1.807, 2.05) is 6.07 Å². The van der Waals surface area contributed by atoms with E-state index in [1.54, 1.807) is 6.92 Å². The fraction of sp³-hybridized carbons (Fsp3) is 0.536. The lowest BCUT2D eigenvalue weighted by Crippen LogP contribution is -2.56. The van der Waals surface area contributed by atoms with E-state index in [0.29, 0.717) is 6.07 Å². The van der Waals surface area contributed by atoms with Crippen molar-refractivity contribution in [3.05, 3.63) is 60.7 Å². The molecular formula is C28H34F2N7O9P. The van der Waals surface area contributed by atoms with E-state index in [-0.39, 0.29) is 31.5 Å². The number of nitriles is 1. The summed E-state index contributed by atoms with van der Waals surface area (Å²) in [5, 5.41) is 17.4. The fourth-order valence-corrected chi connectivity index (χ4v) is 6.76. The van der Waals surface area contributed by atoms with Crippen LogP contribution in [0, 0.1) is 28.9 Å². The number of aromatic nitrogens is 6. The summed E-state index contributed by atoms with van der Waals surface area (Å²) in [7, 11) is -4.96. The third-order valence-electron chi connectivity index (χ3n) is 7.13. The Morgan fingerprint density at radius 2 is 1.68 bits per heavy atom. The summed E-state index contributed by atoms with van der Waals surface area (Å²) in [5.41, 5.74) is -2.35. The molecule has 1 saturated heterocycles. The van der Waals surface area contributed by atoms with E-state index in [2.05, 4.69) is 20.2 Å². The maximum Gasteiger partial charge on any atom is 0.478 e. The minimum Gasteiger partial charge on any atom is -0.458 e. The Bertz CT molecular complexity index is 1550. The van der Waals surface area contributed by atoms with Gasteiger partial charge in [0.1, 0.15) is 54.8 Å². The third kappa shape index (κ3) is 9.02. The van der Waals surface area contributed by atoms with E-state index in [9.17, 15) is 23.8 Å². The van der Waals surface area contributed by atoms with Crippen LogP contribution in [0.5, 0.6) is 0 Å². The summed E-state index contributed by atoms with van der Waals surface area (Å²) in [4.78, 5) is 31.8. The number of hydrogen-bond donors (Lipinski definition) is 0. The van der Waals surface area contributed by atoms with Crippen molar-refractivity contribution in [1.82, 2.24) is 29.5 Å². The lowest BCUT2D eigenvalue weighted by molar-refractivity contribution is -0.266. The number of phosphoric acid groups is 1. The van der Waals surface area contributed by atoms with E-state index < -0.39 is 74.1 Å². The zero-order valence-corrected chi connectivity index (χ0v) is 26.9. The molecule has 6 atom stereocenters. The molecule has 1 fully saturated rings. The summed E-state index contributed by atoms with van der Waals surface area (Å²) in [5.74, 6) is -4.24. The molecule has 0 aliphatic carbocycles. The van der Waals surface area contributed by atoms with Crippen molar-refractivity contribution in [2.45, 2.75) is 83.8 Å². The summed E-state index contributed by atoms with van der Waals surface area (Å²) < 4.78 is 82.0. The van der Waals surface area contributed by atoms with Gasteiger partial charge in [0.2, 0.25) is 0 Å². The van der Waals surface area contributed by atoms with Crippen molar-refractivity contribution in [2.24, 2.45) is 5.92 Å². The van der Waals surface area contributed by atoms with Gasteiger partial charge in [-0.25, -0.2) is 32.7 Å². The van der Waals surface area contributed by atoms with Crippen LogP contribution in [-0.2, 0) is 60.6 Å². The van der Waals surface area contributed by atoms with Crippen LogP contribution in [0.3, 0.4) is 0 Å². The largest absolute Gasteiger partial charge is 0.478 e. The quantitative estimate of drug-likeness (QED) is 0.129. The topological polar surface area (TPSA) is 192 Å². The van der Waals surface area contributed by atoms with Gasteiger partial charge in [0.05, 0.1) is 32.2 Å². The Labute approximate surface area is 268 Å². The molecule has 0 spiro atoms. The monoisotopic (exact) mass is 681 g/mol. The smallest absolute Gasteiger partial charge is 0.458 e. The predicted octanol–water partition coefficient (Wildman–Crippen LogP) is 3.45. The second-order valence-electron chi connectivity index (χ2n) is 10.6. The second kappa shape index (κ2) is 15.6. The molecule has 0 saturated carbocycles. The average Bonchev–Trinajstić information content (AvgIpc) is 3.70. The number of halogens is 2. The van der Waals surface area contributed by atoms with Gasteiger partial charge in [-0.15, -0.1) is 0 Å². The molecule has 0 amide bonds. The zero-order chi connectivity index (χ0) is 34.2. The fourth-order valence-electron chi connectivity index (χ4n) is 5.15. The summed E-state index contributed by atoms with van der Waals surface area (Å²) in [6.07, 6.45) is 0.464. The van der Waals surface area contributed by atoms with Gasteiger partial charge in [0.15, 0.2) is 12.4 Å². The molecule has 3 aromatic rings. The highest BCUT2D eigenvalue weighted by atomic mass is 31.2. The Morgan fingerprint density at radius 1 is 1.06 bits per heavy atom. The van der Waals surface area contributed by atoms with Crippen LogP contribution >= 0.6 is 7.82 Å². The highest BCUT2D eigenvalue weighted by molar-refractivity contribution is 7.48. The summed E-state index contributed by atoms with van der Waals surface area (Å²) in [6.45, 7) is 4.40. The first kappa shape index (κ1) is 35.7. The lowest BCUT2D eigenvalue weighted by atomic mass is 9.91. The number of carbonyl (C=O) groups is 2. The number of hydrogen-bond acceptors (Lipinski definition) is 14. The molecule has 4 rings (SSSR count). The van der Waals surface area contributed by atoms with E-state index in [1.165, 1.54) is 55.4 Å². The first-order valence-corrected chi connectivity index (χ1v) is 16.0. The average molecular weight is 682 g/mol. The van der Waals surface area contributed by atoms with Gasteiger partial charge < -0.3 is 14.2 Å². The number of ether oxygens (including phenoxy) is 3. The minimum atomic E-state index is -4.96. The van der Waals surface area contributed by atoms with Gasteiger partial charge in [-0.3, -0.25) is 23.2 Å². The standard InChI is InChI=1S/C28H34F2N7O9P/c1-5-24-26(43-20(4)39)25(42-19(3)38)18(2)27(44-24)45-47(40,41-10-6-9-31)46-28(12-36-16-32-14-34-36,13-37-17-33-15-35-37)22-8-7-21(29)11-23(22)30/h7-8,11,14-18,24-27H,5-6,10,12-13H2,1-4H3. The molecule has 1 aliphatic heterocycles. The highest BCUT2D eigenvalue weighted by Crippen LogP contribution is 2.58. The van der Waals surface area contributed by atoms with Gasteiger partial charge in [0.25, 0.3) is 0 Å². The van der Waals surface area contributed by atoms with Gasteiger partial charge in [0, 0.05) is 31.4 Å². The molecule has 0 bridgehead atoms. The Balaban J connectivity index is 1.82. The molecule has 19 heteroatoms. The molecule has 1 aliphatic rings. The molecule has 3 heterocycles. The first-order valence-electron chi connectivity index (χ1n) is 14.5. The van der Waals surface area contributed by atoms with Gasteiger partial charge in [-0.05, 0) is 12.5 Å². The van der Waals surface area contributed by atoms with Crippen molar-refractivity contribution in [1.29, 1.82) is 5.26 Å². The molecule has 0 N–H and O–H groups in total. The normalized spacial score (nSPS) is 22.6. The Kier molecular flexibility index (Phi) is 11.9. The number of rotatable bonds is 15. The molecule has 16 nitrogen and oxygen atoms in total. The number of esters is 2. The van der Waals surface area contributed by atoms with Crippen LogP contribution in [0.1, 0.15) is 46.1 Å². The summed E-state index contributed by atoms with van der Waals surface area (Å²) >= 11 is 0. The maximum absolute atomic E-state index is 15.7. The first-order chi connectivity index (χ1) is 22.4. The number of nitrogens with zero attached hydrogens (tertiary/aromatic N) is 7. The second-order valence-corrected chi connectivity index (χ2v) is 12.2. The van der Waals surface area contributed by atoms with Crippen LogP contribution in [-0.4, -0.2) is 72.7 Å². The molecule has 6 unspecified atom stereocenters. The van der Waals surface area contributed by atoms with Crippen molar-refractivity contribution in [3.63, 3.8) is 0 Å². The number of carbonyl (C=O) groups excluding carboxylic acids is 2. The van der Waals surface area contributed by atoms with E-state index in [0.717, 1.165) is 12.1 Å². The zero-order valence-electron chi connectivity index (χ0n) is 26.0. The van der Waals surface area contributed by atoms with Gasteiger partial charge in [-0.1, -0.05) is 19.9 Å². The third-order valence-corrected chi connectivity index (χ3v) is 8.66. The van der Waals surface area contributed by atoms with Crippen LogP contribution < -0.4 is 0 Å². The molecule has 254 valence electrons. The Morgan fingerprint density at radius 3 is 2.19 bits per heavy atom. The maximum atomic E-state index is 15.7. The molecule has 0 radical (unpaired) electrons. The van der Waals surface area contributed by atoms with Crippen molar-refractivity contribution in [2.75, 3.05) is 6.61 Å². The van der Waals surface area contributed by atoms with Crippen LogP contribution in [0.25, 0.3) is 0 Å². The molecule has 47 heavy (non-hydrogen) atoms. The minimum absolute atomic E-state index is 0.242. The van der Waals surface area contributed by atoms with Crippen molar-refractivity contribution >= 4 is 19.8 Å². The van der Waals surface area contributed by atoms with E-state index in [4.69, 9.17) is 27.8 Å². The van der Waals surface area contributed by atoms with Crippen LogP contribution in [0.2, 0.25) is 0 Å². The SMILES string of the molecule is CCC1OC(OP(=O)(OCCC#N)OC(Cn2cncn2)(Cn2cncn2)c2ccc(F)cc2F)C(C)C(OC(C)=O)C1OC(C)=O.